The van der Waals surface area contributed by atoms with E-state index in [4.69, 9.17) is 0 Å². The van der Waals surface area contributed by atoms with E-state index in [1.807, 2.05) is 13.0 Å². The Balaban J connectivity index is 1.64. The second kappa shape index (κ2) is 9.25. The number of anilines is 2. The second-order valence-electron chi connectivity index (χ2n) is 7.27. The van der Waals surface area contributed by atoms with Gasteiger partial charge in [-0.25, -0.2) is 9.07 Å². The lowest BCUT2D eigenvalue weighted by atomic mass is 10.2. The van der Waals surface area contributed by atoms with Crippen LogP contribution < -0.4 is 16.1 Å². The van der Waals surface area contributed by atoms with Gasteiger partial charge < -0.3 is 10.6 Å². The Kier molecular flexibility index (Phi) is 6.23. The fraction of sp³-hybridized carbons (Fsp3) is 0.0417. The van der Waals surface area contributed by atoms with E-state index >= 15 is 0 Å². The number of carbonyl (C=O) groups excluding carboxylic acids is 3. The lowest BCUT2D eigenvalue weighted by Crippen LogP contribution is -2.36. The van der Waals surface area contributed by atoms with Crippen molar-refractivity contribution in [2.75, 3.05) is 16.1 Å². The maximum atomic E-state index is 14.0. The number of para-hydroxylation sites is 1. The highest BCUT2D eigenvalue weighted by Crippen LogP contribution is 2.24. The Morgan fingerprint density at radius 2 is 1.67 bits per heavy atom. The molecule has 4 aromatic rings. The molecule has 0 saturated carbocycles. The molecule has 1 heterocycles. The SMILES string of the molecule is Cc1cccc(NC(=O)C(=O)Nn2c(C(=O)Nc3ccccc3F)cc3cc(Br)ccc32)c1. The first-order valence-electron chi connectivity index (χ1n) is 9.88. The fourth-order valence-electron chi connectivity index (χ4n) is 3.29. The summed E-state index contributed by atoms with van der Waals surface area (Å²) in [6.45, 7) is 1.86. The zero-order chi connectivity index (χ0) is 23.5. The molecule has 7 nitrogen and oxygen atoms in total. The molecule has 3 aromatic carbocycles. The van der Waals surface area contributed by atoms with Crippen molar-refractivity contribution in [3.8, 4) is 0 Å². The first-order chi connectivity index (χ1) is 15.8. The smallest absolute Gasteiger partial charge is 0.318 e. The van der Waals surface area contributed by atoms with Gasteiger partial charge in [0.2, 0.25) is 0 Å². The molecule has 3 amide bonds. The van der Waals surface area contributed by atoms with Gasteiger partial charge in [0.1, 0.15) is 11.5 Å². The van der Waals surface area contributed by atoms with Gasteiger partial charge in [0, 0.05) is 15.5 Å². The molecule has 1 aromatic heterocycles. The molecule has 0 aliphatic heterocycles. The lowest BCUT2D eigenvalue weighted by Gasteiger charge is -2.13. The molecule has 0 atom stereocenters. The number of hydrogen-bond donors (Lipinski definition) is 3. The van der Waals surface area contributed by atoms with Crippen molar-refractivity contribution in [2.45, 2.75) is 6.92 Å². The van der Waals surface area contributed by atoms with Crippen LogP contribution in [0, 0.1) is 12.7 Å². The van der Waals surface area contributed by atoms with Gasteiger partial charge in [0.25, 0.3) is 5.91 Å². The van der Waals surface area contributed by atoms with E-state index in [0.29, 0.717) is 16.6 Å². The van der Waals surface area contributed by atoms with Gasteiger partial charge in [0.05, 0.1) is 11.2 Å². The quantitative estimate of drug-likeness (QED) is 0.345. The lowest BCUT2D eigenvalue weighted by molar-refractivity contribution is -0.133. The fourth-order valence-corrected chi connectivity index (χ4v) is 3.66. The van der Waals surface area contributed by atoms with Crippen LogP contribution in [0.1, 0.15) is 16.1 Å². The van der Waals surface area contributed by atoms with Crippen molar-refractivity contribution in [3.63, 3.8) is 0 Å². The number of hydrogen-bond acceptors (Lipinski definition) is 3. The van der Waals surface area contributed by atoms with E-state index < -0.39 is 23.5 Å². The Morgan fingerprint density at radius 3 is 2.42 bits per heavy atom. The highest BCUT2D eigenvalue weighted by molar-refractivity contribution is 9.10. The number of aromatic nitrogens is 1. The molecule has 3 N–H and O–H groups in total. The number of carbonyl (C=O) groups is 3. The summed E-state index contributed by atoms with van der Waals surface area (Å²) < 4.78 is 16.0. The van der Waals surface area contributed by atoms with Gasteiger partial charge in [0.15, 0.2) is 0 Å². The monoisotopic (exact) mass is 508 g/mol. The molecule has 0 aliphatic rings. The predicted octanol–water partition coefficient (Wildman–Crippen LogP) is 4.81. The third kappa shape index (κ3) is 4.93. The number of nitrogens with zero attached hydrogens (tertiary/aromatic N) is 1. The first kappa shape index (κ1) is 22.2. The van der Waals surface area contributed by atoms with Crippen LogP contribution in [0.15, 0.2) is 77.3 Å². The van der Waals surface area contributed by atoms with E-state index in [1.54, 1.807) is 42.5 Å². The average molecular weight is 509 g/mol. The number of benzene rings is 3. The summed E-state index contributed by atoms with van der Waals surface area (Å²) in [4.78, 5) is 38.1. The molecule has 0 spiro atoms. The summed E-state index contributed by atoms with van der Waals surface area (Å²) in [5.74, 6) is -3.14. The standard InChI is InChI=1S/C24H18BrFN4O3/c1-14-5-4-6-17(11-14)27-23(32)24(33)29-30-20-10-9-16(25)12-15(20)13-21(30)22(31)28-19-8-3-2-7-18(19)26/h2-13H,1H3,(H,27,32)(H,28,31)(H,29,33). The van der Waals surface area contributed by atoms with E-state index in [1.165, 1.54) is 28.9 Å². The summed E-state index contributed by atoms with van der Waals surface area (Å²) in [7, 11) is 0. The molecule has 0 aliphatic carbocycles. The van der Waals surface area contributed by atoms with Gasteiger partial charge in [-0.1, -0.05) is 40.2 Å². The van der Waals surface area contributed by atoms with E-state index in [9.17, 15) is 18.8 Å². The Morgan fingerprint density at radius 1 is 0.879 bits per heavy atom. The minimum atomic E-state index is -0.975. The molecule has 0 saturated heterocycles. The maximum Gasteiger partial charge on any atom is 0.328 e. The molecule has 33 heavy (non-hydrogen) atoms. The summed E-state index contributed by atoms with van der Waals surface area (Å²) in [5.41, 5.74) is 4.34. The zero-order valence-corrected chi connectivity index (χ0v) is 18.9. The Labute approximate surface area is 196 Å². The van der Waals surface area contributed by atoms with Crippen LogP contribution in [-0.4, -0.2) is 22.4 Å². The summed E-state index contributed by atoms with van der Waals surface area (Å²) in [6.07, 6.45) is 0. The van der Waals surface area contributed by atoms with E-state index in [-0.39, 0.29) is 11.4 Å². The third-order valence-corrected chi connectivity index (χ3v) is 5.31. The molecule has 0 unspecified atom stereocenters. The molecule has 0 fully saturated rings. The van der Waals surface area contributed by atoms with Crippen LogP contribution in [0.5, 0.6) is 0 Å². The van der Waals surface area contributed by atoms with Crippen LogP contribution >= 0.6 is 15.9 Å². The molecule has 4 rings (SSSR count). The zero-order valence-electron chi connectivity index (χ0n) is 17.4. The van der Waals surface area contributed by atoms with Crippen molar-refractivity contribution in [1.29, 1.82) is 0 Å². The highest BCUT2D eigenvalue weighted by atomic mass is 79.9. The number of aryl methyl sites for hydroxylation is 1. The highest BCUT2D eigenvalue weighted by Gasteiger charge is 2.21. The van der Waals surface area contributed by atoms with Gasteiger partial charge >= 0.3 is 11.8 Å². The van der Waals surface area contributed by atoms with Gasteiger partial charge in [-0.3, -0.25) is 19.8 Å². The van der Waals surface area contributed by atoms with E-state index in [0.717, 1.165) is 10.0 Å². The minimum absolute atomic E-state index is 0.0102. The Bertz CT molecular complexity index is 1400. The average Bonchev–Trinajstić information content (AvgIpc) is 3.12. The van der Waals surface area contributed by atoms with Crippen LogP contribution in [-0.2, 0) is 9.59 Å². The molecular weight excluding hydrogens is 491 g/mol. The largest absolute Gasteiger partial charge is 0.328 e. The van der Waals surface area contributed by atoms with E-state index in [2.05, 4.69) is 32.0 Å². The number of fused-ring (bicyclic) bond motifs is 1. The van der Waals surface area contributed by atoms with Gasteiger partial charge in [-0.2, -0.15) is 0 Å². The minimum Gasteiger partial charge on any atom is -0.318 e. The van der Waals surface area contributed by atoms with Crippen LogP contribution in [0.25, 0.3) is 10.9 Å². The maximum absolute atomic E-state index is 14.0. The van der Waals surface area contributed by atoms with Crippen molar-refractivity contribution in [3.05, 3.63) is 94.3 Å². The van der Waals surface area contributed by atoms with Crippen LogP contribution in [0.4, 0.5) is 15.8 Å². The topological polar surface area (TPSA) is 92.2 Å². The van der Waals surface area contributed by atoms with Crippen molar-refractivity contribution >= 4 is 55.9 Å². The number of nitrogens with one attached hydrogen (secondary N) is 3. The summed E-state index contributed by atoms with van der Waals surface area (Å²) in [5, 5.41) is 5.65. The van der Waals surface area contributed by atoms with Crippen molar-refractivity contribution in [2.24, 2.45) is 0 Å². The second-order valence-corrected chi connectivity index (χ2v) is 8.18. The molecular formula is C24H18BrFN4O3. The molecule has 0 radical (unpaired) electrons. The Hall–Kier alpha value is -3.98. The summed E-state index contributed by atoms with van der Waals surface area (Å²) >= 11 is 3.37. The van der Waals surface area contributed by atoms with Gasteiger partial charge in [-0.15, -0.1) is 0 Å². The van der Waals surface area contributed by atoms with Crippen LogP contribution in [0.3, 0.4) is 0 Å². The number of rotatable bonds is 4. The molecule has 166 valence electrons. The van der Waals surface area contributed by atoms with Gasteiger partial charge in [-0.05, 0) is 61.0 Å². The first-order valence-corrected chi connectivity index (χ1v) is 10.7. The van der Waals surface area contributed by atoms with Crippen molar-refractivity contribution < 1.29 is 18.8 Å². The van der Waals surface area contributed by atoms with Crippen molar-refractivity contribution in [1.82, 2.24) is 4.68 Å². The number of halogens is 2. The normalized spacial score (nSPS) is 10.6. The molecule has 0 bridgehead atoms. The predicted molar refractivity (Wildman–Crippen MR) is 128 cm³/mol. The number of amides is 3. The van der Waals surface area contributed by atoms with Crippen LogP contribution in [0.2, 0.25) is 0 Å². The third-order valence-electron chi connectivity index (χ3n) is 4.81. The molecule has 9 heteroatoms. The summed E-state index contributed by atoms with van der Waals surface area (Å²) in [6, 6.07) is 19.4.